The van der Waals surface area contributed by atoms with E-state index in [1.807, 2.05) is 30.3 Å². The van der Waals surface area contributed by atoms with Gasteiger partial charge in [0.2, 0.25) is 0 Å². The summed E-state index contributed by atoms with van der Waals surface area (Å²) in [6.45, 7) is 1.30. The molecule has 0 aliphatic carbocycles. The van der Waals surface area contributed by atoms with E-state index in [0.29, 0.717) is 25.9 Å². The second kappa shape index (κ2) is 8.18. The number of carboxylic acid groups (broad SMARTS) is 1. The van der Waals surface area contributed by atoms with Gasteiger partial charge in [0.1, 0.15) is 0 Å². The largest absolute Gasteiger partial charge is 0.494 e. The Labute approximate surface area is 160 Å². The molecular formula is C20H21BrFNO3. The number of rotatable bonds is 5. The average Bonchev–Trinajstić information content (AvgIpc) is 2.64. The lowest BCUT2D eigenvalue weighted by atomic mass is 9.91. The lowest BCUT2D eigenvalue weighted by Gasteiger charge is -2.37. The molecule has 138 valence electrons. The van der Waals surface area contributed by atoms with E-state index in [1.54, 1.807) is 6.07 Å². The van der Waals surface area contributed by atoms with Gasteiger partial charge in [0.15, 0.2) is 11.6 Å². The van der Waals surface area contributed by atoms with Crippen molar-refractivity contribution < 1.29 is 19.0 Å². The highest BCUT2D eigenvalue weighted by molar-refractivity contribution is 9.10. The Morgan fingerprint density at radius 3 is 2.54 bits per heavy atom. The predicted octanol–water partition coefficient (Wildman–Crippen LogP) is 4.48. The molecule has 1 heterocycles. The van der Waals surface area contributed by atoms with Gasteiger partial charge in [-0.2, -0.15) is 0 Å². The number of likely N-dealkylation sites (tertiary alicyclic amines) is 1. The number of carbonyl (C=O) groups is 1. The molecule has 3 rings (SSSR count). The van der Waals surface area contributed by atoms with Crippen LogP contribution < -0.4 is 4.74 Å². The van der Waals surface area contributed by atoms with Crippen LogP contribution in [0.4, 0.5) is 4.39 Å². The van der Waals surface area contributed by atoms with Crippen molar-refractivity contribution in [3.8, 4) is 5.75 Å². The van der Waals surface area contributed by atoms with Crippen LogP contribution in [0, 0.1) is 11.7 Å². The van der Waals surface area contributed by atoms with Crippen molar-refractivity contribution in [2.45, 2.75) is 18.9 Å². The van der Waals surface area contributed by atoms with Crippen LogP contribution in [0.2, 0.25) is 0 Å². The molecule has 1 atom stereocenters. The molecule has 1 fully saturated rings. The van der Waals surface area contributed by atoms with Gasteiger partial charge < -0.3 is 9.84 Å². The Bertz CT molecular complexity index is 790. The van der Waals surface area contributed by atoms with Gasteiger partial charge in [-0.25, -0.2) is 4.39 Å². The highest BCUT2D eigenvalue weighted by atomic mass is 79.9. The van der Waals surface area contributed by atoms with Crippen LogP contribution in [-0.4, -0.2) is 36.2 Å². The maximum Gasteiger partial charge on any atom is 0.306 e. The third-order valence-corrected chi connectivity index (χ3v) is 5.66. The highest BCUT2D eigenvalue weighted by Gasteiger charge is 2.31. The van der Waals surface area contributed by atoms with E-state index in [-0.39, 0.29) is 17.7 Å². The van der Waals surface area contributed by atoms with Crippen LogP contribution in [0.1, 0.15) is 30.0 Å². The van der Waals surface area contributed by atoms with Crippen molar-refractivity contribution in [3.05, 3.63) is 63.9 Å². The minimum Gasteiger partial charge on any atom is -0.494 e. The molecule has 1 saturated heterocycles. The quantitative estimate of drug-likeness (QED) is 0.772. The first-order valence-corrected chi connectivity index (χ1v) is 9.35. The van der Waals surface area contributed by atoms with Crippen LogP contribution >= 0.6 is 15.9 Å². The van der Waals surface area contributed by atoms with Crippen molar-refractivity contribution in [2.24, 2.45) is 5.92 Å². The van der Waals surface area contributed by atoms with Crippen molar-refractivity contribution in [3.63, 3.8) is 0 Å². The van der Waals surface area contributed by atoms with Crippen LogP contribution in [-0.2, 0) is 4.79 Å². The molecule has 0 radical (unpaired) electrons. The zero-order valence-electron chi connectivity index (χ0n) is 14.5. The fourth-order valence-corrected chi connectivity index (χ4v) is 4.04. The van der Waals surface area contributed by atoms with Crippen LogP contribution in [0.25, 0.3) is 0 Å². The molecule has 1 aliphatic rings. The number of hydrogen-bond acceptors (Lipinski definition) is 3. The summed E-state index contributed by atoms with van der Waals surface area (Å²) in [6, 6.07) is 12.7. The molecule has 6 heteroatoms. The zero-order valence-corrected chi connectivity index (χ0v) is 16.1. The molecule has 1 aliphatic heterocycles. The summed E-state index contributed by atoms with van der Waals surface area (Å²) in [5.74, 6) is -1.23. The van der Waals surface area contributed by atoms with Crippen molar-refractivity contribution in [1.29, 1.82) is 0 Å². The Morgan fingerprint density at radius 2 is 1.96 bits per heavy atom. The monoisotopic (exact) mass is 421 g/mol. The fourth-order valence-electron chi connectivity index (χ4n) is 3.54. The zero-order chi connectivity index (χ0) is 18.7. The molecule has 0 amide bonds. The minimum atomic E-state index is -0.738. The minimum absolute atomic E-state index is 0.152. The van der Waals surface area contributed by atoms with E-state index in [0.717, 1.165) is 15.6 Å². The molecule has 2 aromatic carbocycles. The molecule has 0 saturated carbocycles. The standard InChI is InChI=1S/C20H21BrFNO3/c1-26-18-7-6-14(12-17(18)22)19(15-4-2-3-5-16(15)21)23-10-8-13(9-11-23)20(24)25/h2-7,12-13,19H,8-11H2,1H3,(H,24,25). The molecule has 0 bridgehead atoms. The molecular weight excluding hydrogens is 401 g/mol. The number of aliphatic carboxylic acids is 1. The molecule has 1 unspecified atom stereocenters. The summed E-state index contributed by atoms with van der Waals surface area (Å²) in [5, 5.41) is 9.25. The first-order valence-electron chi connectivity index (χ1n) is 8.56. The molecule has 4 nitrogen and oxygen atoms in total. The van der Waals surface area contributed by atoms with E-state index >= 15 is 0 Å². The second-order valence-corrected chi connectivity index (χ2v) is 7.32. The van der Waals surface area contributed by atoms with Gasteiger partial charge in [-0.1, -0.05) is 40.2 Å². The number of methoxy groups -OCH3 is 1. The molecule has 0 spiro atoms. The Kier molecular flexibility index (Phi) is 5.94. The Morgan fingerprint density at radius 1 is 1.27 bits per heavy atom. The maximum atomic E-state index is 14.3. The topological polar surface area (TPSA) is 49.8 Å². The van der Waals surface area contributed by atoms with Crippen molar-refractivity contribution in [2.75, 3.05) is 20.2 Å². The van der Waals surface area contributed by atoms with Crippen LogP contribution in [0.15, 0.2) is 46.9 Å². The summed E-state index contributed by atoms with van der Waals surface area (Å²) in [5.41, 5.74) is 1.86. The molecule has 2 aromatic rings. The van der Waals surface area contributed by atoms with Crippen LogP contribution in [0.5, 0.6) is 5.75 Å². The lowest BCUT2D eigenvalue weighted by Crippen LogP contribution is -2.39. The number of hydrogen-bond donors (Lipinski definition) is 1. The van der Waals surface area contributed by atoms with Gasteiger partial charge in [-0.15, -0.1) is 0 Å². The molecule has 1 N–H and O–H groups in total. The van der Waals surface area contributed by atoms with E-state index in [9.17, 15) is 14.3 Å². The Balaban J connectivity index is 1.97. The van der Waals surface area contributed by atoms with E-state index < -0.39 is 11.8 Å². The van der Waals surface area contributed by atoms with Gasteiger partial charge in [-0.05, 0) is 55.3 Å². The average molecular weight is 422 g/mol. The van der Waals surface area contributed by atoms with Gasteiger partial charge >= 0.3 is 5.97 Å². The van der Waals surface area contributed by atoms with E-state index in [1.165, 1.54) is 13.2 Å². The number of piperidine rings is 1. The summed E-state index contributed by atoms with van der Waals surface area (Å²) in [7, 11) is 1.44. The van der Waals surface area contributed by atoms with Crippen LogP contribution in [0.3, 0.4) is 0 Å². The second-order valence-electron chi connectivity index (χ2n) is 6.47. The van der Waals surface area contributed by atoms with Gasteiger partial charge in [0.05, 0.1) is 19.1 Å². The van der Waals surface area contributed by atoms with Crippen molar-refractivity contribution >= 4 is 21.9 Å². The first-order chi connectivity index (χ1) is 12.5. The number of halogens is 2. The lowest BCUT2D eigenvalue weighted by molar-refractivity contribution is -0.143. The van der Waals surface area contributed by atoms with Gasteiger partial charge in [0.25, 0.3) is 0 Å². The first kappa shape index (κ1) is 18.9. The summed E-state index contributed by atoms with van der Waals surface area (Å²) < 4.78 is 20.3. The number of ether oxygens (including phenoxy) is 1. The molecule has 26 heavy (non-hydrogen) atoms. The third kappa shape index (κ3) is 3.91. The molecule has 0 aromatic heterocycles. The summed E-state index contributed by atoms with van der Waals surface area (Å²) >= 11 is 3.60. The third-order valence-electron chi connectivity index (χ3n) is 4.94. The fraction of sp³-hybridized carbons (Fsp3) is 0.350. The number of benzene rings is 2. The SMILES string of the molecule is COc1ccc(C(c2ccccc2Br)N2CCC(C(=O)O)CC2)cc1F. The number of nitrogens with zero attached hydrogens (tertiary/aromatic N) is 1. The van der Waals surface area contributed by atoms with E-state index in [2.05, 4.69) is 20.8 Å². The highest BCUT2D eigenvalue weighted by Crippen LogP contribution is 2.37. The smallest absolute Gasteiger partial charge is 0.306 e. The van der Waals surface area contributed by atoms with Gasteiger partial charge in [0, 0.05) is 4.47 Å². The summed E-state index contributed by atoms with van der Waals surface area (Å²) in [6.07, 6.45) is 1.18. The predicted molar refractivity (Wildman–Crippen MR) is 101 cm³/mol. The maximum absolute atomic E-state index is 14.3. The van der Waals surface area contributed by atoms with E-state index in [4.69, 9.17) is 4.74 Å². The normalized spacial score (nSPS) is 17.0. The van der Waals surface area contributed by atoms with Crippen molar-refractivity contribution in [1.82, 2.24) is 4.90 Å². The number of carboxylic acids is 1. The van der Waals surface area contributed by atoms with Gasteiger partial charge in [-0.3, -0.25) is 9.69 Å². The summed E-state index contributed by atoms with van der Waals surface area (Å²) in [4.78, 5) is 13.5. The Hall–Kier alpha value is -1.92.